The maximum absolute atomic E-state index is 12.3. The smallest absolute Gasteiger partial charge is 0.340 e. The quantitative estimate of drug-likeness (QED) is 0.682. The number of sulfonamides is 1. The van der Waals surface area contributed by atoms with E-state index in [1.807, 2.05) is 0 Å². The van der Waals surface area contributed by atoms with Crippen LogP contribution in [0.2, 0.25) is 0 Å². The lowest BCUT2D eigenvalue weighted by Gasteiger charge is -2.26. The summed E-state index contributed by atoms with van der Waals surface area (Å²) < 4.78 is 30.7. The predicted molar refractivity (Wildman–Crippen MR) is 104 cm³/mol. The molecule has 1 saturated carbocycles. The van der Waals surface area contributed by atoms with Gasteiger partial charge in [-0.2, -0.15) is 0 Å². The largest absolute Gasteiger partial charge is 0.462 e. The second kappa shape index (κ2) is 9.73. The zero-order valence-corrected chi connectivity index (χ0v) is 16.8. The van der Waals surface area contributed by atoms with Crippen molar-refractivity contribution in [2.75, 3.05) is 23.7 Å². The van der Waals surface area contributed by atoms with Gasteiger partial charge < -0.3 is 10.1 Å². The number of rotatable bonds is 8. The van der Waals surface area contributed by atoms with Crippen molar-refractivity contribution < 1.29 is 22.7 Å². The Morgan fingerprint density at radius 1 is 1.19 bits per heavy atom. The number of carbonyl (C=O) groups is 2. The van der Waals surface area contributed by atoms with Gasteiger partial charge in [0.1, 0.15) is 0 Å². The van der Waals surface area contributed by atoms with E-state index < -0.39 is 16.0 Å². The molecule has 1 fully saturated rings. The third kappa shape index (κ3) is 6.23. The molecule has 1 N–H and O–H groups in total. The molecule has 0 bridgehead atoms. The van der Waals surface area contributed by atoms with Crippen molar-refractivity contribution in [2.45, 2.75) is 51.5 Å². The fraction of sp³-hybridized carbons (Fsp3) is 0.579. The molecule has 0 heterocycles. The molecule has 7 nitrogen and oxygen atoms in total. The summed E-state index contributed by atoms with van der Waals surface area (Å²) in [5.74, 6) is -0.766. The second-order valence-electron chi connectivity index (χ2n) is 6.73. The molecule has 0 aromatic heterocycles. The van der Waals surface area contributed by atoms with E-state index in [-0.39, 0.29) is 42.8 Å². The van der Waals surface area contributed by atoms with Crippen LogP contribution in [-0.4, -0.2) is 45.7 Å². The molecule has 0 atom stereocenters. The van der Waals surface area contributed by atoms with Gasteiger partial charge in [0, 0.05) is 19.0 Å². The number of hydrogen-bond donors (Lipinski definition) is 1. The molecule has 0 spiro atoms. The Morgan fingerprint density at radius 2 is 1.85 bits per heavy atom. The van der Waals surface area contributed by atoms with E-state index in [4.69, 9.17) is 4.74 Å². The summed E-state index contributed by atoms with van der Waals surface area (Å²) >= 11 is 0. The lowest BCUT2D eigenvalue weighted by Crippen LogP contribution is -2.39. The zero-order valence-electron chi connectivity index (χ0n) is 15.9. The molecule has 1 aliphatic rings. The highest BCUT2D eigenvalue weighted by Crippen LogP contribution is 2.24. The minimum atomic E-state index is -3.67. The molecule has 150 valence electrons. The fourth-order valence-corrected chi connectivity index (χ4v) is 4.23. The highest BCUT2D eigenvalue weighted by molar-refractivity contribution is 7.92. The number of anilines is 1. The molecule has 1 aromatic carbocycles. The van der Waals surface area contributed by atoms with Crippen LogP contribution in [0.25, 0.3) is 0 Å². The predicted octanol–water partition coefficient (Wildman–Crippen LogP) is 2.47. The van der Waals surface area contributed by atoms with E-state index >= 15 is 0 Å². The number of nitrogens with one attached hydrogen (secondary N) is 1. The fourth-order valence-electron chi connectivity index (χ4n) is 3.29. The highest BCUT2D eigenvalue weighted by Gasteiger charge is 2.25. The highest BCUT2D eigenvalue weighted by atomic mass is 32.2. The van der Waals surface area contributed by atoms with Crippen LogP contribution in [0.5, 0.6) is 0 Å². The van der Waals surface area contributed by atoms with Gasteiger partial charge in [0.25, 0.3) is 0 Å². The van der Waals surface area contributed by atoms with Gasteiger partial charge in [0.2, 0.25) is 15.9 Å². The number of benzene rings is 1. The number of nitrogens with zero attached hydrogens (tertiary/aromatic N) is 1. The molecule has 0 aliphatic heterocycles. The van der Waals surface area contributed by atoms with Gasteiger partial charge in [-0.3, -0.25) is 9.10 Å². The first-order chi connectivity index (χ1) is 12.8. The minimum Gasteiger partial charge on any atom is -0.462 e. The van der Waals surface area contributed by atoms with Gasteiger partial charge in [-0.05, 0) is 31.9 Å². The maximum atomic E-state index is 12.3. The monoisotopic (exact) mass is 396 g/mol. The van der Waals surface area contributed by atoms with Crippen molar-refractivity contribution in [1.29, 1.82) is 0 Å². The molecule has 1 amide bonds. The average molecular weight is 397 g/mol. The molecule has 0 radical (unpaired) electrons. The van der Waals surface area contributed by atoms with E-state index in [1.54, 1.807) is 25.1 Å². The van der Waals surface area contributed by atoms with Crippen molar-refractivity contribution in [3.8, 4) is 0 Å². The summed E-state index contributed by atoms with van der Waals surface area (Å²) in [6.45, 7) is 1.84. The first-order valence-electron chi connectivity index (χ1n) is 9.36. The molecule has 8 heteroatoms. The maximum Gasteiger partial charge on any atom is 0.340 e. The summed E-state index contributed by atoms with van der Waals surface area (Å²) in [4.78, 5) is 24.4. The molecule has 0 saturated heterocycles. The van der Waals surface area contributed by atoms with Crippen molar-refractivity contribution in [3.05, 3.63) is 29.8 Å². The van der Waals surface area contributed by atoms with Crippen LogP contribution in [0.1, 0.15) is 55.8 Å². The van der Waals surface area contributed by atoms with Crippen LogP contribution >= 0.6 is 0 Å². The number of amides is 1. The van der Waals surface area contributed by atoms with Crippen molar-refractivity contribution >= 4 is 27.6 Å². The van der Waals surface area contributed by atoms with Crippen LogP contribution in [-0.2, 0) is 19.6 Å². The summed E-state index contributed by atoms with van der Waals surface area (Å²) in [5, 5.41) is 2.98. The standard InChI is InChI=1S/C19H28N2O5S/c1-3-26-19(23)16-11-7-8-12-17(16)21(27(2,24)25)14-13-18(22)20-15-9-5-4-6-10-15/h7-8,11-12,15H,3-6,9-10,13-14H2,1-2H3,(H,20,22). The molecular weight excluding hydrogens is 368 g/mol. The average Bonchev–Trinajstić information content (AvgIpc) is 2.62. The SMILES string of the molecule is CCOC(=O)c1ccccc1N(CCC(=O)NC1CCCCC1)S(C)(=O)=O. The number of ether oxygens (including phenoxy) is 1. The summed E-state index contributed by atoms with van der Waals surface area (Å²) in [6, 6.07) is 6.54. The minimum absolute atomic E-state index is 0.0285. The van der Waals surface area contributed by atoms with Gasteiger partial charge in [0.05, 0.1) is 24.1 Å². The number of esters is 1. The second-order valence-corrected chi connectivity index (χ2v) is 8.63. The molecule has 0 unspecified atom stereocenters. The molecule has 27 heavy (non-hydrogen) atoms. The van der Waals surface area contributed by atoms with Crippen LogP contribution in [0, 0.1) is 0 Å². The number of para-hydroxylation sites is 1. The van der Waals surface area contributed by atoms with Crippen molar-refractivity contribution in [1.82, 2.24) is 5.32 Å². The Hall–Kier alpha value is -2.09. The zero-order chi connectivity index (χ0) is 19.9. The Balaban J connectivity index is 2.12. The summed E-state index contributed by atoms with van der Waals surface area (Å²) in [5.41, 5.74) is 0.390. The van der Waals surface area contributed by atoms with Gasteiger partial charge in [-0.25, -0.2) is 13.2 Å². The lowest BCUT2D eigenvalue weighted by molar-refractivity contribution is -0.121. The van der Waals surface area contributed by atoms with E-state index in [0.717, 1.165) is 36.2 Å². The van der Waals surface area contributed by atoms with E-state index in [0.29, 0.717) is 0 Å². The normalized spacial score (nSPS) is 15.2. The molecule has 1 aliphatic carbocycles. The Morgan fingerprint density at radius 3 is 2.48 bits per heavy atom. The van der Waals surface area contributed by atoms with Gasteiger partial charge in [-0.1, -0.05) is 31.4 Å². The Bertz CT molecular complexity index is 757. The van der Waals surface area contributed by atoms with Crippen molar-refractivity contribution in [3.63, 3.8) is 0 Å². The van der Waals surface area contributed by atoms with E-state index in [1.165, 1.54) is 12.5 Å². The van der Waals surface area contributed by atoms with E-state index in [2.05, 4.69) is 5.32 Å². The third-order valence-electron chi connectivity index (χ3n) is 4.58. The van der Waals surface area contributed by atoms with Crippen LogP contribution in [0.3, 0.4) is 0 Å². The number of hydrogen-bond acceptors (Lipinski definition) is 5. The van der Waals surface area contributed by atoms with Gasteiger partial charge in [-0.15, -0.1) is 0 Å². The summed E-state index contributed by atoms with van der Waals surface area (Å²) in [6.07, 6.45) is 6.43. The van der Waals surface area contributed by atoms with Crippen LogP contribution in [0.4, 0.5) is 5.69 Å². The lowest BCUT2D eigenvalue weighted by atomic mass is 9.95. The number of carbonyl (C=O) groups excluding carboxylic acids is 2. The third-order valence-corrected chi connectivity index (χ3v) is 5.76. The topological polar surface area (TPSA) is 92.8 Å². The van der Waals surface area contributed by atoms with Crippen molar-refractivity contribution in [2.24, 2.45) is 0 Å². The van der Waals surface area contributed by atoms with E-state index in [9.17, 15) is 18.0 Å². The molecular formula is C19H28N2O5S. The van der Waals surface area contributed by atoms with Crippen LogP contribution in [0.15, 0.2) is 24.3 Å². The Kier molecular flexibility index (Phi) is 7.65. The molecule has 1 aromatic rings. The first-order valence-corrected chi connectivity index (χ1v) is 11.2. The summed E-state index contributed by atoms with van der Waals surface area (Å²) in [7, 11) is -3.67. The van der Waals surface area contributed by atoms with Gasteiger partial charge in [0.15, 0.2) is 0 Å². The first kappa shape index (κ1) is 21.2. The molecule has 2 rings (SSSR count). The van der Waals surface area contributed by atoms with Gasteiger partial charge >= 0.3 is 5.97 Å². The Labute approximate surface area is 161 Å². The van der Waals surface area contributed by atoms with Crippen LogP contribution < -0.4 is 9.62 Å².